The fourth-order valence-corrected chi connectivity index (χ4v) is 3.29. The molecule has 0 radical (unpaired) electrons. The van der Waals surface area contributed by atoms with Gasteiger partial charge in [-0.25, -0.2) is 9.97 Å². The molecular weight excluding hydrogens is 266 g/mol. The van der Waals surface area contributed by atoms with Crippen LogP contribution >= 0.6 is 0 Å². The van der Waals surface area contributed by atoms with E-state index in [4.69, 9.17) is 19.4 Å². The maximum absolute atomic E-state index is 5.87. The number of hydrogen-bond acceptors (Lipinski definition) is 5. The summed E-state index contributed by atoms with van der Waals surface area (Å²) in [6.45, 7) is 7.68. The van der Waals surface area contributed by atoms with E-state index in [0.717, 1.165) is 43.9 Å². The maximum atomic E-state index is 5.87. The minimum atomic E-state index is -0.381. The Morgan fingerprint density at radius 3 is 2.67 bits per heavy atom. The lowest BCUT2D eigenvalue weighted by atomic mass is 9.91. The van der Waals surface area contributed by atoms with Crippen molar-refractivity contribution in [1.82, 2.24) is 15.3 Å². The summed E-state index contributed by atoms with van der Waals surface area (Å²) in [6, 6.07) is 0. The molecule has 116 valence electrons. The number of rotatable bonds is 3. The van der Waals surface area contributed by atoms with Crippen molar-refractivity contribution < 1.29 is 9.47 Å². The Hall–Kier alpha value is -1.04. The zero-order chi connectivity index (χ0) is 14.9. The Morgan fingerprint density at radius 2 is 2.00 bits per heavy atom. The molecule has 1 aromatic rings. The van der Waals surface area contributed by atoms with Crippen molar-refractivity contribution in [3.8, 4) is 0 Å². The van der Waals surface area contributed by atoms with Gasteiger partial charge < -0.3 is 14.8 Å². The van der Waals surface area contributed by atoms with Gasteiger partial charge in [-0.15, -0.1) is 0 Å². The molecule has 3 rings (SSSR count). The van der Waals surface area contributed by atoms with E-state index >= 15 is 0 Å². The lowest BCUT2D eigenvalue weighted by Gasteiger charge is -2.35. The molecule has 1 aromatic heterocycles. The molecular formula is C16H25N3O2. The molecule has 0 aliphatic carbocycles. The molecule has 2 aliphatic heterocycles. The molecule has 0 unspecified atom stereocenters. The third-order valence-electron chi connectivity index (χ3n) is 4.61. The zero-order valence-electron chi connectivity index (χ0n) is 13.2. The Bertz CT molecular complexity index is 510. The van der Waals surface area contributed by atoms with Crippen LogP contribution in [0.2, 0.25) is 0 Å². The van der Waals surface area contributed by atoms with Crippen LogP contribution < -0.4 is 5.32 Å². The molecule has 0 saturated carbocycles. The normalized spacial score (nSPS) is 21.3. The number of methoxy groups -OCH3 is 1. The third kappa shape index (κ3) is 2.70. The van der Waals surface area contributed by atoms with Gasteiger partial charge in [0.2, 0.25) is 0 Å². The topological polar surface area (TPSA) is 56.3 Å². The van der Waals surface area contributed by atoms with Gasteiger partial charge >= 0.3 is 0 Å². The monoisotopic (exact) mass is 291 g/mol. The molecule has 1 saturated heterocycles. The molecule has 1 N–H and O–H groups in total. The lowest BCUT2D eigenvalue weighted by molar-refractivity contribution is -0.100. The predicted octanol–water partition coefficient (Wildman–Crippen LogP) is 1.90. The van der Waals surface area contributed by atoms with Crippen LogP contribution in [0.25, 0.3) is 0 Å². The van der Waals surface area contributed by atoms with Crippen LogP contribution in [-0.4, -0.2) is 36.8 Å². The van der Waals surface area contributed by atoms with Crippen LogP contribution in [0.1, 0.15) is 55.4 Å². The van der Waals surface area contributed by atoms with Gasteiger partial charge in [0.05, 0.1) is 11.4 Å². The Balaban J connectivity index is 2.07. The van der Waals surface area contributed by atoms with Crippen LogP contribution in [0.3, 0.4) is 0 Å². The van der Waals surface area contributed by atoms with E-state index in [0.29, 0.717) is 19.1 Å². The second-order valence-electron chi connectivity index (χ2n) is 6.25. The van der Waals surface area contributed by atoms with E-state index in [1.807, 2.05) is 0 Å². The van der Waals surface area contributed by atoms with Gasteiger partial charge in [-0.3, -0.25) is 0 Å². The molecule has 1 fully saturated rings. The first-order chi connectivity index (χ1) is 10.2. The smallest absolute Gasteiger partial charge is 0.161 e. The van der Waals surface area contributed by atoms with Crippen LogP contribution in [0.4, 0.5) is 0 Å². The summed E-state index contributed by atoms with van der Waals surface area (Å²) in [7, 11) is 1.77. The molecule has 3 heterocycles. The second kappa shape index (κ2) is 5.99. The lowest BCUT2D eigenvalue weighted by Crippen LogP contribution is -2.39. The SMILES string of the molecule is COC1(c2nc3c(c(C(C)C)n2)CCNC3)CCOCC1. The van der Waals surface area contributed by atoms with E-state index in [2.05, 4.69) is 19.2 Å². The highest BCUT2D eigenvalue weighted by Gasteiger charge is 2.38. The molecule has 5 heteroatoms. The summed E-state index contributed by atoms with van der Waals surface area (Å²) in [5.74, 6) is 1.26. The zero-order valence-corrected chi connectivity index (χ0v) is 13.2. The molecule has 0 bridgehead atoms. The fourth-order valence-electron chi connectivity index (χ4n) is 3.29. The van der Waals surface area contributed by atoms with Crippen molar-refractivity contribution in [2.75, 3.05) is 26.9 Å². The molecule has 21 heavy (non-hydrogen) atoms. The predicted molar refractivity (Wildman–Crippen MR) is 80.3 cm³/mol. The third-order valence-corrected chi connectivity index (χ3v) is 4.61. The molecule has 0 atom stereocenters. The summed E-state index contributed by atoms with van der Waals surface area (Å²) >= 11 is 0. The van der Waals surface area contributed by atoms with Gasteiger partial charge in [0, 0.05) is 39.7 Å². The number of hydrogen-bond donors (Lipinski definition) is 1. The van der Waals surface area contributed by atoms with Crippen molar-refractivity contribution >= 4 is 0 Å². The molecule has 5 nitrogen and oxygen atoms in total. The van der Waals surface area contributed by atoms with E-state index in [1.54, 1.807) is 7.11 Å². The van der Waals surface area contributed by atoms with Gasteiger partial charge in [0.15, 0.2) is 5.82 Å². The van der Waals surface area contributed by atoms with Crippen molar-refractivity contribution in [3.63, 3.8) is 0 Å². The number of nitrogens with zero attached hydrogens (tertiary/aromatic N) is 2. The summed E-state index contributed by atoms with van der Waals surface area (Å²) in [6.07, 6.45) is 2.67. The maximum Gasteiger partial charge on any atom is 0.161 e. The van der Waals surface area contributed by atoms with Gasteiger partial charge in [-0.05, 0) is 24.4 Å². The number of ether oxygens (including phenoxy) is 2. The van der Waals surface area contributed by atoms with Crippen LogP contribution in [-0.2, 0) is 28.0 Å². The highest BCUT2D eigenvalue weighted by atomic mass is 16.5. The van der Waals surface area contributed by atoms with Crippen LogP contribution in [0.5, 0.6) is 0 Å². The van der Waals surface area contributed by atoms with Gasteiger partial charge in [0.25, 0.3) is 0 Å². The highest BCUT2D eigenvalue weighted by Crippen LogP contribution is 2.35. The molecule has 0 spiro atoms. The number of nitrogens with one attached hydrogen (secondary N) is 1. The number of fused-ring (bicyclic) bond motifs is 1. The summed E-state index contributed by atoms with van der Waals surface area (Å²) in [4.78, 5) is 9.80. The van der Waals surface area contributed by atoms with Gasteiger partial charge in [-0.1, -0.05) is 13.8 Å². The first kappa shape index (κ1) is 14.9. The Labute approximate surface area is 126 Å². The van der Waals surface area contributed by atoms with Crippen molar-refractivity contribution in [3.05, 3.63) is 22.8 Å². The van der Waals surface area contributed by atoms with Gasteiger partial charge in [0.1, 0.15) is 5.60 Å². The fraction of sp³-hybridized carbons (Fsp3) is 0.750. The first-order valence-corrected chi connectivity index (χ1v) is 7.90. The highest BCUT2D eigenvalue weighted by molar-refractivity contribution is 5.31. The summed E-state index contributed by atoms with van der Waals surface area (Å²) in [5.41, 5.74) is 3.30. The van der Waals surface area contributed by atoms with E-state index in [-0.39, 0.29) is 5.60 Å². The number of aromatic nitrogens is 2. The quantitative estimate of drug-likeness (QED) is 0.922. The largest absolute Gasteiger partial charge is 0.381 e. The molecule has 0 aromatic carbocycles. The Kier molecular flexibility index (Phi) is 4.24. The van der Waals surface area contributed by atoms with E-state index < -0.39 is 0 Å². The first-order valence-electron chi connectivity index (χ1n) is 7.90. The minimum absolute atomic E-state index is 0.381. The van der Waals surface area contributed by atoms with Crippen molar-refractivity contribution in [2.45, 2.75) is 51.2 Å². The second-order valence-corrected chi connectivity index (χ2v) is 6.25. The van der Waals surface area contributed by atoms with E-state index in [9.17, 15) is 0 Å². The minimum Gasteiger partial charge on any atom is -0.381 e. The van der Waals surface area contributed by atoms with Crippen molar-refractivity contribution in [1.29, 1.82) is 0 Å². The van der Waals surface area contributed by atoms with E-state index in [1.165, 1.54) is 11.3 Å². The van der Waals surface area contributed by atoms with Crippen LogP contribution in [0.15, 0.2) is 0 Å². The standard InChI is InChI=1S/C16H25N3O2/c1-11(2)14-12-4-7-17-10-13(12)18-15(19-14)16(20-3)5-8-21-9-6-16/h11,17H,4-10H2,1-3H3. The Morgan fingerprint density at radius 1 is 1.24 bits per heavy atom. The summed E-state index contributed by atoms with van der Waals surface area (Å²) < 4.78 is 11.4. The van der Waals surface area contributed by atoms with Crippen LogP contribution in [0, 0.1) is 0 Å². The average Bonchev–Trinajstić information content (AvgIpc) is 2.54. The molecule has 0 amide bonds. The van der Waals surface area contributed by atoms with Gasteiger partial charge in [-0.2, -0.15) is 0 Å². The molecule has 2 aliphatic rings. The average molecular weight is 291 g/mol. The summed E-state index contributed by atoms with van der Waals surface area (Å²) in [5, 5.41) is 3.41. The van der Waals surface area contributed by atoms with Crippen molar-refractivity contribution in [2.24, 2.45) is 0 Å².